The Balaban J connectivity index is 1.62. The van der Waals surface area contributed by atoms with Crippen molar-refractivity contribution < 1.29 is 9.00 Å². The summed E-state index contributed by atoms with van der Waals surface area (Å²) in [7, 11) is -1.01. The smallest absolute Gasteiger partial charge is 0.247 e. The van der Waals surface area contributed by atoms with Gasteiger partial charge in [0.1, 0.15) is 0 Å². The average Bonchev–Trinajstić information content (AvgIpc) is 3.11. The Hall–Kier alpha value is -3.52. The van der Waals surface area contributed by atoms with Gasteiger partial charge in [-0.15, -0.1) is 5.10 Å². The van der Waals surface area contributed by atoms with Crippen molar-refractivity contribution in [1.82, 2.24) is 14.6 Å². The van der Waals surface area contributed by atoms with Gasteiger partial charge in [0, 0.05) is 52.0 Å². The third-order valence-electron chi connectivity index (χ3n) is 4.32. The van der Waals surface area contributed by atoms with Crippen LogP contribution in [0, 0.1) is 0 Å². The second-order valence-electron chi connectivity index (χ2n) is 6.49. The molecule has 0 aliphatic rings. The fourth-order valence-corrected chi connectivity index (χ4v) is 3.50. The highest BCUT2D eigenvalue weighted by Crippen LogP contribution is 2.26. The lowest BCUT2D eigenvalue weighted by molar-refractivity contribution is -0.114. The summed E-state index contributed by atoms with van der Waals surface area (Å²) in [6.07, 6.45) is 3.50. The van der Waals surface area contributed by atoms with Crippen LogP contribution in [-0.2, 0) is 15.6 Å². The summed E-state index contributed by atoms with van der Waals surface area (Å²) in [4.78, 5) is 16.5. The van der Waals surface area contributed by atoms with Crippen molar-refractivity contribution in [2.24, 2.45) is 0 Å². The van der Waals surface area contributed by atoms with E-state index in [2.05, 4.69) is 20.7 Å². The van der Waals surface area contributed by atoms with Gasteiger partial charge in [0.25, 0.3) is 0 Å². The Bertz CT molecular complexity index is 1200. The van der Waals surface area contributed by atoms with Crippen LogP contribution in [0.5, 0.6) is 0 Å². The van der Waals surface area contributed by atoms with Crippen molar-refractivity contribution in [2.45, 2.75) is 11.8 Å². The number of carbonyl (C=O) groups is 1. The van der Waals surface area contributed by atoms with Crippen LogP contribution in [-0.4, -0.2) is 31.0 Å². The molecular weight excluding hydrogens is 386 g/mol. The fourth-order valence-electron chi connectivity index (χ4n) is 2.98. The molecule has 29 heavy (non-hydrogen) atoms. The monoisotopic (exact) mass is 405 g/mol. The Morgan fingerprint density at radius 3 is 2.34 bits per heavy atom. The van der Waals surface area contributed by atoms with Gasteiger partial charge in [-0.05, 0) is 54.1 Å². The first-order valence-corrected chi connectivity index (χ1v) is 10.5. The lowest BCUT2D eigenvalue weighted by Gasteiger charge is -2.04. The predicted octanol–water partition coefficient (Wildman–Crippen LogP) is 3.84. The van der Waals surface area contributed by atoms with Crippen molar-refractivity contribution in [2.75, 3.05) is 16.9 Å². The number of hydrogen-bond acceptors (Lipinski definition) is 5. The van der Waals surface area contributed by atoms with Gasteiger partial charge in [-0.2, -0.15) is 4.98 Å². The second kappa shape index (κ2) is 7.84. The van der Waals surface area contributed by atoms with Crippen LogP contribution >= 0.6 is 0 Å². The summed E-state index contributed by atoms with van der Waals surface area (Å²) < 4.78 is 13.3. The van der Waals surface area contributed by atoms with Crippen molar-refractivity contribution in [1.29, 1.82) is 0 Å². The maximum Gasteiger partial charge on any atom is 0.247 e. The lowest BCUT2D eigenvalue weighted by atomic mass is 10.1. The number of hydrogen-bond donors (Lipinski definition) is 2. The Morgan fingerprint density at radius 1 is 1.00 bits per heavy atom. The molecule has 1 atom stereocenters. The minimum absolute atomic E-state index is 0.113. The molecular formula is C21H19N5O2S. The number of pyridine rings is 1. The van der Waals surface area contributed by atoms with E-state index in [1.165, 1.54) is 6.92 Å². The molecule has 4 rings (SSSR count). The molecule has 0 bridgehead atoms. The number of nitrogens with one attached hydrogen (secondary N) is 2. The van der Waals surface area contributed by atoms with Crippen molar-refractivity contribution >= 4 is 39.7 Å². The van der Waals surface area contributed by atoms with Gasteiger partial charge in [-0.1, -0.05) is 12.1 Å². The van der Waals surface area contributed by atoms with Crippen LogP contribution in [0.25, 0.3) is 16.8 Å². The summed E-state index contributed by atoms with van der Waals surface area (Å²) >= 11 is 0. The molecule has 0 fully saturated rings. The van der Waals surface area contributed by atoms with E-state index >= 15 is 0 Å². The maximum atomic E-state index is 11.6. The standard InChI is InChI=1S/C21H19N5O2S/c1-14(27)22-16-7-9-17(10-8-16)23-21-24-20-19(4-3-13-26(20)25-21)15-5-11-18(12-6-15)29(2)28/h3-13H,1-2H3,(H,22,27)(H,23,25). The molecule has 2 aromatic heterocycles. The third kappa shape index (κ3) is 4.17. The van der Waals surface area contributed by atoms with E-state index in [0.29, 0.717) is 5.95 Å². The SMILES string of the molecule is CC(=O)Nc1ccc(Nc2nc3c(-c4ccc(S(C)=O)cc4)cccn3n2)cc1. The van der Waals surface area contributed by atoms with Gasteiger partial charge in [0.2, 0.25) is 11.9 Å². The van der Waals surface area contributed by atoms with Crippen LogP contribution in [0.4, 0.5) is 17.3 Å². The quantitative estimate of drug-likeness (QED) is 0.527. The number of nitrogens with zero attached hydrogens (tertiary/aromatic N) is 3. The minimum Gasteiger partial charge on any atom is -0.326 e. The van der Waals surface area contributed by atoms with E-state index in [4.69, 9.17) is 0 Å². The molecule has 0 aliphatic heterocycles. The molecule has 0 radical (unpaired) electrons. The molecule has 8 heteroatoms. The number of aromatic nitrogens is 3. The molecule has 1 unspecified atom stereocenters. The minimum atomic E-state index is -1.01. The van der Waals surface area contributed by atoms with Crippen LogP contribution in [0.2, 0.25) is 0 Å². The lowest BCUT2D eigenvalue weighted by Crippen LogP contribution is -2.05. The average molecular weight is 405 g/mol. The largest absolute Gasteiger partial charge is 0.326 e. The zero-order valence-corrected chi connectivity index (χ0v) is 16.7. The Labute approximate surface area is 170 Å². The Morgan fingerprint density at radius 2 is 1.69 bits per heavy atom. The normalized spacial score (nSPS) is 11.9. The molecule has 0 saturated heterocycles. The molecule has 0 aliphatic carbocycles. The van der Waals surface area contributed by atoms with E-state index < -0.39 is 10.8 Å². The number of fused-ring (bicyclic) bond motifs is 1. The summed E-state index contributed by atoms with van der Waals surface area (Å²) in [5.41, 5.74) is 4.16. The number of amides is 1. The predicted molar refractivity (Wildman–Crippen MR) is 115 cm³/mol. The van der Waals surface area contributed by atoms with Crippen LogP contribution in [0.1, 0.15) is 6.92 Å². The third-order valence-corrected chi connectivity index (χ3v) is 5.26. The number of carbonyl (C=O) groups excluding carboxylic acids is 1. The maximum absolute atomic E-state index is 11.6. The van der Waals surface area contributed by atoms with E-state index in [1.54, 1.807) is 10.8 Å². The van der Waals surface area contributed by atoms with Gasteiger partial charge in [0.15, 0.2) is 5.65 Å². The van der Waals surface area contributed by atoms with E-state index in [0.717, 1.165) is 33.0 Å². The number of rotatable bonds is 5. The highest BCUT2D eigenvalue weighted by Gasteiger charge is 2.10. The first kappa shape index (κ1) is 18.8. The first-order chi connectivity index (χ1) is 14.0. The second-order valence-corrected chi connectivity index (χ2v) is 7.87. The first-order valence-electron chi connectivity index (χ1n) is 8.93. The summed E-state index contributed by atoms with van der Waals surface area (Å²) in [5, 5.41) is 10.4. The van der Waals surface area contributed by atoms with Gasteiger partial charge in [-0.25, -0.2) is 4.52 Å². The van der Waals surface area contributed by atoms with Crippen LogP contribution in [0.3, 0.4) is 0 Å². The van der Waals surface area contributed by atoms with Crippen LogP contribution in [0.15, 0.2) is 71.8 Å². The molecule has 1 amide bonds. The molecule has 2 heterocycles. The van der Waals surface area contributed by atoms with E-state index in [1.807, 2.05) is 66.9 Å². The van der Waals surface area contributed by atoms with Crippen molar-refractivity contribution in [3.05, 3.63) is 66.9 Å². The summed E-state index contributed by atoms with van der Waals surface area (Å²) in [6, 6.07) is 18.8. The molecule has 0 saturated carbocycles. The summed E-state index contributed by atoms with van der Waals surface area (Å²) in [5.74, 6) is 0.356. The number of anilines is 3. The van der Waals surface area contributed by atoms with Crippen LogP contribution < -0.4 is 10.6 Å². The highest BCUT2D eigenvalue weighted by atomic mass is 32.2. The van der Waals surface area contributed by atoms with E-state index in [9.17, 15) is 9.00 Å². The molecule has 2 aromatic carbocycles. The topological polar surface area (TPSA) is 88.4 Å². The Kier molecular flexibility index (Phi) is 5.09. The molecule has 146 valence electrons. The van der Waals surface area contributed by atoms with E-state index in [-0.39, 0.29) is 5.91 Å². The number of benzene rings is 2. The molecule has 2 N–H and O–H groups in total. The fraction of sp³-hybridized carbons (Fsp3) is 0.0952. The summed E-state index contributed by atoms with van der Waals surface area (Å²) in [6.45, 7) is 1.47. The molecule has 7 nitrogen and oxygen atoms in total. The zero-order chi connectivity index (χ0) is 20.4. The van der Waals surface area contributed by atoms with Gasteiger partial charge in [0.05, 0.1) is 0 Å². The zero-order valence-electron chi connectivity index (χ0n) is 15.9. The van der Waals surface area contributed by atoms with Gasteiger partial charge >= 0.3 is 0 Å². The molecule has 4 aromatic rings. The molecule has 0 spiro atoms. The van der Waals surface area contributed by atoms with Crippen molar-refractivity contribution in [3.8, 4) is 11.1 Å². The van der Waals surface area contributed by atoms with Gasteiger partial charge in [-0.3, -0.25) is 9.00 Å². The van der Waals surface area contributed by atoms with Crippen molar-refractivity contribution in [3.63, 3.8) is 0 Å². The van der Waals surface area contributed by atoms with Gasteiger partial charge < -0.3 is 10.6 Å². The highest BCUT2D eigenvalue weighted by molar-refractivity contribution is 7.84.